The molecule has 1 heterocycles. The zero-order valence-corrected chi connectivity index (χ0v) is 10.2. The highest BCUT2D eigenvalue weighted by Gasteiger charge is 2.65. The summed E-state index contributed by atoms with van der Waals surface area (Å²) < 4.78 is 4.59. The van der Waals surface area contributed by atoms with Crippen LogP contribution < -0.4 is 5.32 Å². The molecule has 1 aromatic heterocycles. The Balaban J connectivity index is 1.44. The van der Waals surface area contributed by atoms with E-state index in [2.05, 4.69) is 15.0 Å². The van der Waals surface area contributed by atoms with E-state index >= 15 is 0 Å². The first-order chi connectivity index (χ1) is 9.15. The molecule has 6 heteroatoms. The number of fused-ring (bicyclic) bond motifs is 5. The standard InChI is InChI=1S/C13H14N2O4/c16-12(7-4-8(13(17)18)19-15-7)14-11-9-5-1-2-6(3-5)10(9)11/h4-6,9-11H,1-3H2,(H,14,16)(H,17,18). The molecule has 2 N–H and O–H groups in total. The SMILES string of the molecule is O=C(NC1C2C3CCC(C3)C12)c1cc(C(=O)O)on1. The molecule has 4 unspecified atom stereocenters. The van der Waals surface area contributed by atoms with Gasteiger partial charge < -0.3 is 14.9 Å². The van der Waals surface area contributed by atoms with Crippen molar-refractivity contribution in [2.45, 2.75) is 25.3 Å². The van der Waals surface area contributed by atoms with Crippen LogP contribution in [0.1, 0.15) is 40.3 Å². The first-order valence-corrected chi connectivity index (χ1v) is 6.66. The maximum atomic E-state index is 12.0. The molecule has 3 saturated carbocycles. The van der Waals surface area contributed by atoms with Crippen molar-refractivity contribution in [2.75, 3.05) is 0 Å². The van der Waals surface area contributed by atoms with Crippen LogP contribution >= 0.6 is 0 Å². The summed E-state index contributed by atoms with van der Waals surface area (Å²) in [6.07, 6.45) is 3.92. The van der Waals surface area contributed by atoms with Gasteiger partial charge in [-0.2, -0.15) is 0 Å². The van der Waals surface area contributed by atoms with Crippen molar-refractivity contribution in [2.24, 2.45) is 23.7 Å². The zero-order valence-electron chi connectivity index (χ0n) is 10.2. The Morgan fingerprint density at radius 1 is 1.32 bits per heavy atom. The van der Waals surface area contributed by atoms with E-state index in [1.165, 1.54) is 25.3 Å². The second-order valence-corrected chi connectivity index (χ2v) is 5.87. The van der Waals surface area contributed by atoms with Gasteiger partial charge in [-0.1, -0.05) is 5.16 Å². The largest absolute Gasteiger partial charge is 0.475 e. The Morgan fingerprint density at radius 3 is 2.58 bits per heavy atom. The Morgan fingerprint density at radius 2 is 2.00 bits per heavy atom. The molecule has 4 atom stereocenters. The van der Waals surface area contributed by atoms with Crippen LogP contribution in [-0.4, -0.2) is 28.2 Å². The molecule has 4 rings (SSSR count). The number of hydrogen-bond donors (Lipinski definition) is 2. The first-order valence-electron chi connectivity index (χ1n) is 6.66. The molecule has 3 fully saturated rings. The lowest BCUT2D eigenvalue weighted by molar-refractivity contribution is 0.0651. The molecule has 1 aromatic rings. The number of aromatic carboxylic acids is 1. The second kappa shape index (κ2) is 3.59. The molecule has 0 aromatic carbocycles. The number of aromatic nitrogens is 1. The van der Waals surface area contributed by atoms with E-state index in [1.54, 1.807) is 0 Å². The molecule has 6 nitrogen and oxygen atoms in total. The third-order valence-corrected chi connectivity index (χ3v) is 4.99. The van der Waals surface area contributed by atoms with Crippen molar-refractivity contribution in [1.82, 2.24) is 10.5 Å². The van der Waals surface area contributed by atoms with Crippen LogP contribution in [0.25, 0.3) is 0 Å². The van der Waals surface area contributed by atoms with E-state index in [9.17, 15) is 9.59 Å². The Bertz CT molecular complexity index is 551. The van der Waals surface area contributed by atoms with Crippen molar-refractivity contribution in [3.8, 4) is 0 Å². The lowest BCUT2D eigenvalue weighted by Gasteiger charge is -2.09. The third kappa shape index (κ3) is 1.52. The van der Waals surface area contributed by atoms with Gasteiger partial charge >= 0.3 is 5.97 Å². The topological polar surface area (TPSA) is 92.4 Å². The highest BCUT2D eigenvalue weighted by atomic mass is 16.5. The van der Waals surface area contributed by atoms with E-state index < -0.39 is 5.97 Å². The Labute approximate surface area is 109 Å². The van der Waals surface area contributed by atoms with Crippen LogP contribution in [0.4, 0.5) is 0 Å². The van der Waals surface area contributed by atoms with Gasteiger partial charge in [0, 0.05) is 12.1 Å². The number of carbonyl (C=O) groups excluding carboxylic acids is 1. The summed E-state index contributed by atoms with van der Waals surface area (Å²) in [5.74, 6) is 1.02. The normalized spacial score (nSPS) is 38.0. The van der Waals surface area contributed by atoms with Gasteiger partial charge in [-0.15, -0.1) is 0 Å². The van der Waals surface area contributed by atoms with E-state index in [0.717, 1.165) is 11.8 Å². The highest BCUT2D eigenvalue weighted by molar-refractivity contribution is 5.95. The minimum absolute atomic E-state index is 0.0507. The summed E-state index contributed by atoms with van der Waals surface area (Å²) in [5.41, 5.74) is 0.0507. The first kappa shape index (κ1) is 11.0. The van der Waals surface area contributed by atoms with Gasteiger partial charge in [0.2, 0.25) is 5.76 Å². The number of carboxylic acid groups (broad SMARTS) is 1. The quantitative estimate of drug-likeness (QED) is 0.852. The third-order valence-electron chi connectivity index (χ3n) is 4.99. The number of carbonyl (C=O) groups is 2. The van der Waals surface area contributed by atoms with Crippen LogP contribution in [0.2, 0.25) is 0 Å². The molecule has 3 aliphatic carbocycles. The molecular weight excluding hydrogens is 248 g/mol. The average Bonchev–Trinajstić information content (AvgIpc) is 2.87. The van der Waals surface area contributed by atoms with E-state index in [4.69, 9.17) is 5.11 Å². The van der Waals surface area contributed by atoms with E-state index in [-0.39, 0.29) is 23.4 Å². The van der Waals surface area contributed by atoms with Crippen molar-refractivity contribution in [3.63, 3.8) is 0 Å². The zero-order chi connectivity index (χ0) is 13.1. The molecule has 0 radical (unpaired) electrons. The Kier molecular flexibility index (Phi) is 2.08. The molecule has 19 heavy (non-hydrogen) atoms. The maximum absolute atomic E-state index is 12.0. The van der Waals surface area contributed by atoms with Crippen molar-refractivity contribution < 1.29 is 19.2 Å². The van der Waals surface area contributed by atoms with Crippen LogP contribution in [0, 0.1) is 23.7 Å². The lowest BCUT2D eigenvalue weighted by atomic mass is 10.0. The number of nitrogens with one attached hydrogen (secondary N) is 1. The fourth-order valence-electron chi connectivity index (χ4n) is 4.23. The molecule has 0 spiro atoms. The molecule has 3 aliphatic rings. The van der Waals surface area contributed by atoms with E-state index in [1.807, 2.05) is 0 Å². The van der Waals surface area contributed by atoms with Gasteiger partial charge in [0.15, 0.2) is 5.69 Å². The van der Waals surface area contributed by atoms with Crippen LogP contribution in [-0.2, 0) is 0 Å². The van der Waals surface area contributed by atoms with Crippen molar-refractivity contribution in [1.29, 1.82) is 0 Å². The number of rotatable bonds is 3. The van der Waals surface area contributed by atoms with Gasteiger partial charge in [-0.25, -0.2) is 4.79 Å². The molecule has 1 amide bonds. The molecular formula is C13H14N2O4. The predicted octanol–water partition coefficient (Wildman–Crippen LogP) is 1.15. The lowest BCUT2D eigenvalue weighted by Crippen LogP contribution is -2.30. The van der Waals surface area contributed by atoms with Crippen LogP contribution in [0.5, 0.6) is 0 Å². The molecule has 100 valence electrons. The summed E-state index contributed by atoms with van der Waals surface area (Å²) in [6, 6.07) is 1.44. The summed E-state index contributed by atoms with van der Waals surface area (Å²) in [4.78, 5) is 22.6. The summed E-state index contributed by atoms with van der Waals surface area (Å²) in [5, 5.41) is 15.2. The van der Waals surface area contributed by atoms with Gasteiger partial charge in [-0.3, -0.25) is 4.79 Å². The van der Waals surface area contributed by atoms with Gasteiger partial charge in [0.25, 0.3) is 5.91 Å². The smallest absolute Gasteiger partial charge is 0.374 e. The van der Waals surface area contributed by atoms with Crippen molar-refractivity contribution >= 4 is 11.9 Å². The monoisotopic (exact) mass is 262 g/mol. The average molecular weight is 262 g/mol. The molecule has 0 aliphatic heterocycles. The maximum Gasteiger partial charge on any atom is 0.374 e. The molecule has 0 saturated heterocycles. The fourth-order valence-corrected chi connectivity index (χ4v) is 4.23. The fraction of sp³-hybridized carbons (Fsp3) is 0.615. The number of nitrogens with zero attached hydrogens (tertiary/aromatic N) is 1. The number of hydrogen-bond acceptors (Lipinski definition) is 4. The predicted molar refractivity (Wildman–Crippen MR) is 62.5 cm³/mol. The minimum atomic E-state index is -1.21. The summed E-state index contributed by atoms with van der Waals surface area (Å²) >= 11 is 0. The number of amides is 1. The highest BCUT2D eigenvalue weighted by Crippen LogP contribution is 2.65. The summed E-state index contributed by atoms with van der Waals surface area (Å²) in [6.45, 7) is 0. The van der Waals surface area contributed by atoms with Crippen molar-refractivity contribution in [3.05, 3.63) is 17.5 Å². The summed E-state index contributed by atoms with van der Waals surface area (Å²) in [7, 11) is 0. The second-order valence-electron chi connectivity index (χ2n) is 5.87. The van der Waals surface area contributed by atoms with Gasteiger partial charge in [0.1, 0.15) is 0 Å². The van der Waals surface area contributed by atoms with Gasteiger partial charge in [0.05, 0.1) is 0 Å². The molecule has 2 bridgehead atoms. The van der Waals surface area contributed by atoms with Gasteiger partial charge in [-0.05, 0) is 42.9 Å². The van der Waals surface area contributed by atoms with Crippen LogP contribution in [0.15, 0.2) is 10.6 Å². The number of carboxylic acids is 1. The Hall–Kier alpha value is -1.85. The van der Waals surface area contributed by atoms with Crippen LogP contribution in [0.3, 0.4) is 0 Å². The van der Waals surface area contributed by atoms with E-state index in [0.29, 0.717) is 11.8 Å². The minimum Gasteiger partial charge on any atom is -0.475 e.